The number of rotatable bonds is 4. The summed E-state index contributed by atoms with van der Waals surface area (Å²) in [6, 6.07) is 0.381. The number of carbonyl (C=O) groups is 1. The highest BCUT2D eigenvalue weighted by atomic mass is 16.4. The van der Waals surface area contributed by atoms with E-state index in [-0.39, 0.29) is 0 Å². The Labute approximate surface area is 91.9 Å². The van der Waals surface area contributed by atoms with Crippen LogP contribution in [0, 0.1) is 0 Å². The highest BCUT2D eigenvalue weighted by Crippen LogP contribution is 2.23. The molecule has 1 heterocycles. The van der Waals surface area contributed by atoms with Gasteiger partial charge in [-0.1, -0.05) is 6.92 Å². The number of hydrogen-bond donors (Lipinski definition) is 1. The maximum absolute atomic E-state index is 11.2. The Balaban J connectivity index is 2.75. The molecule has 0 spiro atoms. The highest BCUT2D eigenvalue weighted by molar-refractivity contribution is 5.77. The summed E-state index contributed by atoms with van der Waals surface area (Å²) in [5.74, 6) is -0.737. The lowest BCUT2D eigenvalue weighted by Crippen LogP contribution is -2.55. The van der Waals surface area contributed by atoms with Gasteiger partial charge in [-0.15, -0.1) is 0 Å². The number of likely N-dealkylation sites (N-methyl/N-ethyl adjacent to an activating group) is 2. The van der Waals surface area contributed by atoms with E-state index in [0.29, 0.717) is 6.04 Å². The zero-order chi connectivity index (χ0) is 11.6. The van der Waals surface area contributed by atoms with Crippen LogP contribution in [0.15, 0.2) is 0 Å². The normalized spacial score (nSPS) is 23.7. The van der Waals surface area contributed by atoms with Gasteiger partial charge in [0.25, 0.3) is 0 Å². The lowest BCUT2D eigenvalue weighted by Gasteiger charge is -2.38. The number of hydrogen-bond acceptors (Lipinski definition) is 3. The highest BCUT2D eigenvalue weighted by Gasteiger charge is 2.39. The van der Waals surface area contributed by atoms with Crippen LogP contribution >= 0.6 is 0 Å². The molecule has 1 aliphatic heterocycles. The molecule has 4 nitrogen and oxygen atoms in total. The van der Waals surface area contributed by atoms with Crippen molar-refractivity contribution < 1.29 is 9.90 Å². The summed E-state index contributed by atoms with van der Waals surface area (Å²) in [7, 11) is 2.08. The third-order valence-electron chi connectivity index (χ3n) is 3.39. The molecule has 0 aliphatic carbocycles. The molecule has 4 heteroatoms. The fourth-order valence-electron chi connectivity index (χ4n) is 2.40. The third kappa shape index (κ3) is 2.49. The first-order chi connectivity index (χ1) is 6.89. The van der Waals surface area contributed by atoms with Crippen LogP contribution in [0.25, 0.3) is 0 Å². The van der Waals surface area contributed by atoms with Gasteiger partial charge in [-0.3, -0.25) is 9.69 Å². The molecule has 88 valence electrons. The van der Waals surface area contributed by atoms with Gasteiger partial charge in [0.15, 0.2) is 0 Å². The molecular formula is C11H22N2O2. The van der Waals surface area contributed by atoms with Crippen molar-refractivity contribution in [1.82, 2.24) is 9.80 Å². The van der Waals surface area contributed by atoms with Crippen molar-refractivity contribution in [1.29, 1.82) is 0 Å². The van der Waals surface area contributed by atoms with Crippen LogP contribution < -0.4 is 0 Å². The molecule has 0 aromatic rings. The molecule has 15 heavy (non-hydrogen) atoms. The maximum atomic E-state index is 11.2. The second-order valence-corrected chi connectivity index (χ2v) is 4.85. The summed E-state index contributed by atoms with van der Waals surface area (Å²) in [5.41, 5.74) is -0.759. The topological polar surface area (TPSA) is 43.8 Å². The van der Waals surface area contributed by atoms with Crippen molar-refractivity contribution >= 4 is 5.97 Å². The first kappa shape index (κ1) is 12.5. The van der Waals surface area contributed by atoms with Crippen LogP contribution in [-0.4, -0.2) is 59.1 Å². The molecular weight excluding hydrogens is 192 g/mol. The van der Waals surface area contributed by atoms with Crippen molar-refractivity contribution in [3.63, 3.8) is 0 Å². The SMILES string of the molecule is CCN(C1CCN(C)C1)C(C)(C)C(=O)O. The van der Waals surface area contributed by atoms with Gasteiger partial charge in [0, 0.05) is 12.6 Å². The molecule has 1 atom stereocenters. The number of carboxylic acid groups (broad SMARTS) is 1. The van der Waals surface area contributed by atoms with Gasteiger partial charge in [0.1, 0.15) is 5.54 Å². The minimum absolute atomic E-state index is 0.381. The Morgan fingerprint density at radius 1 is 1.60 bits per heavy atom. The predicted octanol–water partition coefficient (Wildman–Crippen LogP) is 0.876. The zero-order valence-corrected chi connectivity index (χ0v) is 10.2. The summed E-state index contributed by atoms with van der Waals surface area (Å²) < 4.78 is 0. The van der Waals surface area contributed by atoms with Gasteiger partial charge < -0.3 is 10.0 Å². The van der Waals surface area contributed by atoms with Crippen LogP contribution in [-0.2, 0) is 4.79 Å². The molecule has 0 bridgehead atoms. The van der Waals surface area contributed by atoms with Gasteiger partial charge in [0.05, 0.1) is 0 Å². The Morgan fingerprint density at radius 2 is 2.20 bits per heavy atom. The fraction of sp³-hybridized carbons (Fsp3) is 0.909. The van der Waals surface area contributed by atoms with Gasteiger partial charge in [-0.2, -0.15) is 0 Å². The fourth-order valence-corrected chi connectivity index (χ4v) is 2.40. The van der Waals surface area contributed by atoms with E-state index < -0.39 is 11.5 Å². The van der Waals surface area contributed by atoms with Gasteiger partial charge in [-0.25, -0.2) is 0 Å². The van der Waals surface area contributed by atoms with E-state index in [2.05, 4.69) is 16.8 Å². The van der Waals surface area contributed by atoms with Gasteiger partial charge in [-0.05, 0) is 40.4 Å². The average Bonchev–Trinajstić information content (AvgIpc) is 2.52. The summed E-state index contributed by atoms with van der Waals surface area (Å²) in [4.78, 5) is 15.6. The molecule has 1 aliphatic rings. The molecule has 1 rings (SSSR count). The lowest BCUT2D eigenvalue weighted by atomic mass is 10.00. The van der Waals surface area contributed by atoms with Crippen molar-refractivity contribution in [2.24, 2.45) is 0 Å². The van der Waals surface area contributed by atoms with E-state index >= 15 is 0 Å². The number of carboxylic acids is 1. The molecule has 0 radical (unpaired) electrons. The quantitative estimate of drug-likeness (QED) is 0.754. The minimum Gasteiger partial charge on any atom is -0.480 e. The molecule has 1 N–H and O–H groups in total. The van der Waals surface area contributed by atoms with E-state index in [1.807, 2.05) is 6.92 Å². The summed E-state index contributed by atoms with van der Waals surface area (Å²) in [6.07, 6.45) is 1.07. The van der Waals surface area contributed by atoms with Crippen LogP contribution in [0.2, 0.25) is 0 Å². The molecule has 1 fully saturated rings. The van der Waals surface area contributed by atoms with Crippen molar-refractivity contribution in [3.8, 4) is 0 Å². The molecule has 0 saturated carbocycles. The molecule has 0 amide bonds. The third-order valence-corrected chi connectivity index (χ3v) is 3.39. The van der Waals surface area contributed by atoms with E-state index in [1.54, 1.807) is 13.8 Å². The molecule has 0 aromatic carbocycles. The monoisotopic (exact) mass is 214 g/mol. The predicted molar refractivity (Wildman–Crippen MR) is 60.0 cm³/mol. The van der Waals surface area contributed by atoms with Gasteiger partial charge >= 0.3 is 5.97 Å². The van der Waals surface area contributed by atoms with E-state index in [9.17, 15) is 9.90 Å². The van der Waals surface area contributed by atoms with E-state index in [4.69, 9.17) is 0 Å². The van der Waals surface area contributed by atoms with Crippen LogP contribution in [0.3, 0.4) is 0 Å². The average molecular weight is 214 g/mol. The molecule has 1 unspecified atom stereocenters. The van der Waals surface area contributed by atoms with E-state index in [0.717, 1.165) is 26.1 Å². The number of nitrogens with zero attached hydrogens (tertiary/aromatic N) is 2. The van der Waals surface area contributed by atoms with Crippen LogP contribution in [0.1, 0.15) is 27.2 Å². The largest absolute Gasteiger partial charge is 0.480 e. The summed E-state index contributed by atoms with van der Waals surface area (Å²) in [6.45, 7) is 8.44. The van der Waals surface area contributed by atoms with Gasteiger partial charge in [0.2, 0.25) is 0 Å². The summed E-state index contributed by atoms with van der Waals surface area (Å²) in [5, 5.41) is 9.21. The van der Waals surface area contributed by atoms with Crippen LogP contribution in [0.4, 0.5) is 0 Å². The van der Waals surface area contributed by atoms with E-state index in [1.165, 1.54) is 0 Å². The minimum atomic E-state index is -0.759. The van der Waals surface area contributed by atoms with Crippen molar-refractivity contribution in [2.75, 3.05) is 26.7 Å². The zero-order valence-electron chi connectivity index (χ0n) is 10.2. The Hall–Kier alpha value is -0.610. The lowest BCUT2D eigenvalue weighted by molar-refractivity contribution is -0.150. The maximum Gasteiger partial charge on any atom is 0.323 e. The first-order valence-electron chi connectivity index (χ1n) is 5.58. The summed E-state index contributed by atoms with van der Waals surface area (Å²) >= 11 is 0. The molecule has 0 aromatic heterocycles. The van der Waals surface area contributed by atoms with Crippen molar-refractivity contribution in [3.05, 3.63) is 0 Å². The number of likely N-dealkylation sites (tertiary alicyclic amines) is 1. The second-order valence-electron chi connectivity index (χ2n) is 4.85. The number of aliphatic carboxylic acids is 1. The van der Waals surface area contributed by atoms with Crippen LogP contribution in [0.5, 0.6) is 0 Å². The molecule has 1 saturated heterocycles. The Bertz CT molecular complexity index is 241. The first-order valence-corrected chi connectivity index (χ1v) is 5.58. The Kier molecular flexibility index (Phi) is 3.73. The second kappa shape index (κ2) is 4.49. The standard InChI is InChI=1S/C11H22N2O2/c1-5-13(11(2,3)10(14)15)9-6-7-12(4)8-9/h9H,5-8H2,1-4H3,(H,14,15). The Morgan fingerprint density at radius 3 is 2.53 bits per heavy atom. The smallest absolute Gasteiger partial charge is 0.323 e. The van der Waals surface area contributed by atoms with Crippen molar-refractivity contribution in [2.45, 2.75) is 38.8 Å².